The Balaban J connectivity index is 5.61. The highest BCUT2D eigenvalue weighted by atomic mass is 31.2. The van der Waals surface area contributed by atoms with Gasteiger partial charge in [0.1, 0.15) is 19.3 Å². The average Bonchev–Trinajstić information content (AvgIpc) is 0.906. The number of hydrogen-bond donors (Lipinski definition) is 3. The van der Waals surface area contributed by atoms with Gasteiger partial charge in [0, 0.05) is 25.7 Å². The number of esters is 4. The lowest BCUT2D eigenvalue weighted by atomic mass is 10.1. The largest absolute Gasteiger partial charge is 0.472 e. The van der Waals surface area contributed by atoms with Crippen molar-refractivity contribution in [3.05, 3.63) is 243 Å². The molecule has 3 N–H and O–H groups in total. The van der Waals surface area contributed by atoms with Crippen molar-refractivity contribution < 1.29 is 80.2 Å². The molecule has 0 fully saturated rings. The predicted molar refractivity (Wildman–Crippen MR) is 454 cm³/mol. The lowest BCUT2D eigenvalue weighted by Gasteiger charge is -2.21. The molecule has 0 aliphatic heterocycles. The van der Waals surface area contributed by atoms with Crippen LogP contribution in [0.25, 0.3) is 0 Å². The number of unbranched alkanes of at least 4 members (excludes halogenated alkanes) is 6. The summed E-state index contributed by atoms with van der Waals surface area (Å²) in [5, 5.41) is 10.7. The first-order chi connectivity index (χ1) is 53.7. The van der Waals surface area contributed by atoms with Crippen LogP contribution in [0.15, 0.2) is 243 Å². The average molecular weight is 1570 g/mol. The van der Waals surface area contributed by atoms with Crippen molar-refractivity contribution in [2.45, 2.75) is 264 Å². The molecule has 0 saturated carbocycles. The van der Waals surface area contributed by atoms with Crippen LogP contribution in [-0.4, -0.2) is 96.7 Å². The van der Waals surface area contributed by atoms with Gasteiger partial charge in [0.25, 0.3) is 0 Å². The van der Waals surface area contributed by atoms with Crippen LogP contribution in [0.1, 0.15) is 246 Å². The second-order valence-electron chi connectivity index (χ2n) is 25.5. The maximum atomic E-state index is 13.1. The second kappa shape index (κ2) is 79.9. The lowest BCUT2D eigenvalue weighted by molar-refractivity contribution is -0.161. The molecule has 0 spiro atoms. The van der Waals surface area contributed by atoms with Gasteiger partial charge in [-0.2, -0.15) is 0 Å². The Morgan fingerprint density at radius 3 is 0.764 bits per heavy atom. The highest BCUT2D eigenvalue weighted by molar-refractivity contribution is 7.47. The number of carbonyl (C=O) groups is 4. The molecule has 0 heterocycles. The van der Waals surface area contributed by atoms with Gasteiger partial charge < -0.3 is 33.8 Å². The Morgan fingerprint density at radius 1 is 0.255 bits per heavy atom. The summed E-state index contributed by atoms with van der Waals surface area (Å²) in [5.74, 6) is -2.47. The van der Waals surface area contributed by atoms with Gasteiger partial charge in [-0.05, 0) is 180 Å². The lowest BCUT2D eigenvalue weighted by Crippen LogP contribution is -2.30. The van der Waals surface area contributed by atoms with E-state index in [0.29, 0.717) is 44.9 Å². The molecule has 5 unspecified atom stereocenters. The van der Waals surface area contributed by atoms with Gasteiger partial charge in [-0.25, -0.2) is 9.13 Å². The van der Waals surface area contributed by atoms with Crippen molar-refractivity contribution in [2.24, 2.45) is 0 Å². The zero-order chi connectivity index (χ0) is 80.3. The molecule has 17 nitrogen and oxygen atoms in total. The van der Waals surface area contributed by atoms with Crippen molar-refractivity contribution in [1.29, 1.82) is 0 Å². The molecule has 0 bridgehead atoms. The fourth-order valence-electron chi connectivity index (χ4n) is 9.36. The summed E-state index contributed by atoms with van der Waals surface area (Å²) in [6.45, 7) is 4.12. The normalized spacial score (nSPS) is 15.1. The number of aliphatic hydroxyl groups is 1. The van der Waals surface area contributed by atoms with Crippen molar-refractivity contribution in [1.82, 2.24) is 0 Å². The van der Waals surface area contributed by atoms with Crippen molar-refractivity contribution in [3.8, 4) is 0 Å². The van der Waals surface area contributed by atoms with E-state index in [1.54, 1.807) is 0 Å². The number of rotatable bonds is 72. The highest BCUT2D eigenvalue weighted by Gasteiger charge is 2.30. The minimum absolute atomic E-state index is 0.0109. The smallest absolute Gasteiger partial charge is 0.462 e. The van der Waals surface area contributed by atoms with E-state index < -0.39 is 97.5 Å². The summed E-state index contributed by atoms with van der Waals surface area (Å²) in [6.07, 6.45) is 105. The van der Waals surface area contributed by atoms with E-state index in [0.717, 1.165) is 148 Å². The summed E-state index contributed by atoms with van der Waals surface area (Å²) in [5.41, 5.74) is 0. The summed E-state index contributed by atoms with van der Waals surface area (Å²) >= 11 is 0. The van der Waals surface area contributed by atoms with Gasteiger partial charge in [0.2, 0.25) is 0 Å². The molecule has 5 atom stereocenters. The Labute approximate surface area is 663 Å². The topological polar surface area (TPSA) is 237 Å². The van der Waals surface area contributed by atoms with Crippen LogP contribution < -0.4 is 0 Å². The number of carbonyl (C=O) groups excluding carboxylic acids is 4. The third kappa shape index (κ3) is 79.0. The van der Waals surface area contributed by atoms with Gasteiger partial charge in [-0.15, -0.1) is 0 Å². The molecular formula is C91H138O17P2. The van der Waals surface area contributed by atoms with Gasteiger partial charge >= 0.3 is 39.5 Å². The van der Waals surface area contributed by atoms with Crippen molar-refractivity contribution >= 4 is 39.5 Å². The summed E-state index contributed by atoms with van der Waals surface area (Å²) in [7, 11) is -10.1. The molecule has 0 aromatic rings. The molecular weight excluding hydrogens is 1430 g/mol. The minimum Gasteiger partial charge on any atom is -0.462 e. The number of ether oxygens (including phenoxy) is 4. The second-order valence-corrected chi connectivity index (χ2v) is 28.4. The Bertz CT molecular complexity index is 3050. The van der Waals surface area contributed by atoms with Gasteiger partial charge in [0.05, 0.1) is 26.4 Å². The molecule has 19 heteroatoms. The van der Waals surface area contributed by atoms with E-state index in [1.165, 1.54) is 0 Å². The van der Waals surface area contributed by atoms with Crippen LogP contribution in [0.5, 0.6) is 0 Å². The van der Waals surface area contributed by atoms with Gasteiger partial charge in [-0.3, -0.25) is 37.3 Å². The molecule has 110 heavy (non-hydrogen) atoms. The van der Waals surface area contributed by atoms with E-state index >= 15 is 0 Å². The van der Waals surface area contributed by atoms with E-state index in [4.69, 9.17) is 37.0 Å². The van der Waals surface area contributed by atoms with Crippen LogP contribution in [0.4, 0.5) is 0 Å². The summed E-state index contributed by atoms with van der Waals surface area (Å²) in [4.78, 5) is 73.1. The van der Waals surface area contributed by atoms with Crippen molar-refractivity contribution in [3.63, 3.8) is 0 Å². The Kier molecular flexibility index (Phi) is 74.7. The third-order valence-corrected chi connectivity index (χ3v) is 17.2. The Hall–Kier alpha value is -7.14. The SMILES string of the molecule is CC/C=C\C/C=C\C/C=C\C/C=C\C/C=C\C/C=C\CCC(=O)OCC(COP(=O)(O)OCC(O)COP(=O)(O)OCC(COC(=O)CCC/C=C\C/C=C\C/C=C\C/C=C\C/C=C\CC)OC(=O)CCCCCC/C=C\C/C=C\C/C=C\C/C=C\CC)OC(=O)CCC/C=C\C/C=C\C/C=C\C/C=C\C/C=C\CC. The monoisotopic (exact) mass is 1560 g/mol. The van der Waals surface area contributed by atoms with E-state index in [-0.39, 0.29) is 25.7 Å². The quantitative estimate of drug-likeness (QED) is 0.0169. The van der Waals surface area contributed by atoms with Gasteiger partial charge in [-0.1, -0.05) is 284 Å². The number of phosphoric acid groups is 2. The van der Waals surface area contributed by atoms with Crippen LogP contribution in [0.2, 0.25) is 0 Å². The zero-order valence-electron chi connectivity index (χ0n) is 67.1. The van der Waals surface area contributed by atoms with Crippen LogP contribution in [0, 0.1) is 0 Å². The summed E-state index contributed by atoms with van der Waals surface area (Å²) < 4.78 is 68.4. The minimum atomic E-state index is -5.03. The number of hydrogen-bond acceptors (Lipinski definition) is 15. The molecule has 0 amide bonds. The number of allylic oxidation sites excluding steroid dienone is 40. The zero-order valence-corrected chi connectivity index (χ0v) is 68.9. The van der Waals surface area contributed by atoms with Crippen LogP contribution in [0.3, 0.4) is 0 Å². The maximum absolute atomic E-state index is 13.1. The van der Waals surface area contributed by atoms with E-state index in [9.17, 15) is 43.2 Å². The first-order valence-electron chi connectivity index (χ1n) is 40.3. The third-order valence-electron chi connectivity index (χ3n) is 15.3. The molecule has 0 saturated heterocycles. The number of aliphatic hydroxyl groups excluding tert-OH is 1. The fraction of sp³-hybridized carbons (Fsp3) is 0.516. The molecule has 0 rings (SSSR count). The van der Waals surface area contributed by atoms with E-state index in [2.05, 4.69) is 228 Å². The highest BCUT2D eigenvalue weighted by Crippen LogP contribution is 2.45. The molecule has 0 radical (unpaired) electrons. The van der Waals surface area contributed by atoms with Gasteiger partial charge in [0.15, 0.2) is 12.2 Å². The predicted octanol–water partition coefficient (Wildman–Crippen LogP) is 24.0. The molecule has 0 aromatic carbocycles. The summed E-state index contributed by atoms with van der Waals surface area (Å²) in [6, 6.07) is 0. The van der Waals surface area contributed by atoms with E-state index in [1.807, 2.05) is 42.5 Å². The van der Waals surface area contributed by atoms with Crippen LogP contribution in [-0.2, 0) is 65.4 Å². The Morgan fingerprint density at radius 2 is 0.473 bits per heavy atom. The molecule has 0 aliphatic rings. The standard InChI is InChI=1S/C91H138O17P2/c1-5-9-13-17-21-25-29-33-37-41-42-46-48-52-56-60-64-68-72-76-89(94)102-82-87(108-91(96)78-74-70-66-62-58-54-50-45-40-36-32-28-24-20-16-12-8-4)84-106-110(99,100)104-80-85(92)79-103-109(97,98)105-83-86(107-90(95)77-73-69-65-61-57-53-49-44-39-35-31-27-23-19-15-11-7-3)81-101-88(93)75-71-67-63-59-55-51-47-43-38-34-30-26-22-18-14-10-6-2/h9-16,21-28,33-40,42,46-47,49-54,56,59,62-64,66,68,85-87,92H,5-8,17-20,29-32,41,43-45,48,55,57-58,60-61,65,67,69-84H2,1-4H3,(H,97,98)(H,99,100)/b13-9-,14-10-,15-11-,16-12-,25-21-,26-22-,27-23-,28-24-,37-33-,38-34-,39-35-,40-36-,46-42-,51-47-,53-49-,54-50-,56-52-,63-59-,66-62-,68-64-. The molecule has 0 aromatic heterocycles. The fourth-order valence-corrected chi connectivity index (χ4v) is 10.9. The molecule has 614 valence electrons. The number of phosphoric ester groups is 2. The van der Waals surface area contributed by atoms with Crippen molar-refractivity contribution in [2.75, 3.05) is 39.6 Å². The maximum Gasteiger partial charge on any atom is 0.472 e. The first-order valence-corrected chi connectivity index (χ1v) is 43.3. The first kappa shape index (κ1) is 103. The molecule has 0 aliphatic carbocycles. The van der Waals surface area contributed by atoms with Crippen LogP contribution >= 0.6 is 15.6 Å².